The van der Waals surface area contributed by atoms with E-state index in [2.05, 4.69) is 15.6 Å². The maximum absolute atomic E-state index is 13.3. The van der Waals surface area contributed by atoms with Crippen molar-refractivity contribution in [2.24, 2.45) is 0 Å². The predicted molar refractivity (Wildman–Crippen MR) is 113 cm³/mol. The molecule has 2 heterocycles. The second-order valence-electron chi connectivity index (χ2n) is 7.20. The molecule has 1 unspecified atom stereocenters. The van der Waals surface area contributed by atoms with Crippen molar-refractivity contribution in [1.29, 1.82) is 0 Å². The van der Waals surface area contributed by atoms with E-state index in [0.717, 1.165) is 22.3 Å². The minimum Gasteiger partial charge on any atom is -0.332 e. The van der Waals surface area contributed by atoms with Gasteiger partial charge in [-0.05, 0) is 59.5 Å². The number of amides is 2. The molecule has 4 rings (SSSR count). The number of carbonyl (C=O) groups is 2. The van der Waals surface area contributed by atoms with E-state index in [4.69, 9.17) is 0 Å². The summed E-state index contributed by atoms with van der Waals surface area (Å²) in [6.07, 6.45) is 5.00. The van der Waals surface area contributed by atoms with Gasteiger partial charge in [-0.15, -0.1) is 0 Å². The van der Waals surface area contributed by atoms with Crippen LogP contribution >= 0.6 is 0 Å². The number of rotatable bonds is 4. The van der Waals surface area contributed by atoms with Gasteiger partial charge in [-0.1, -0.05) is 24.3 Å². The summed E-state index contributed by atoms with van der Waals surface area (Å²) in [5.74, 6) is -1.29. The van der Waals surface area contributed by atoms with Gasteiger partial charge < -0.3 is 10.6 Å². The molecule has 1 atom stereocenters. The molecule has 0 spiro atoms. The van der Waals surface area contributed by atoms with Crippen LogP contribution in [0.25, 0.3) is 11.1 Å². The number of carbonyl (C=O) groups excluding carboxylic acids is 2. The van der Waals surface area contributed by atoms with E-state index in [1.165, 1.54) is 18.3 Å². The third-order valence-electron chi connectivity index (χ3n) is 5.19. The van der Waals surface area contributed by atoms with Crippen molar-refractivity contribution >= 4 is 17.5 Å². The first kappa shape index (κ1) is 19.5. The average molecular weight is 401 g/mol. The van der Waals surface area contributed by atoms with E-state index in [1.807, 2.05) is 37.3 Å². The second kappa shape index (κ2) is 8.29. The summed E-state index contributed by atoms with van der Waals surface area (Å²) in [5.41, 5.74) is 4.70. The fraction of sp³-hybridized carbons (Fsp3) is 0.125. The highest BCUT2D eigenvalue weighted by atomic mass is 19.1. The monoisotopic (exact) mass is 401 g/mol. The van der Waals surface area contributed by atoms with Crippen molar-refractivity contribution < 1.29 is 14.0 Å². The Balaban J connectivity index is 1.62. The number of hydrogen-bond acceptors (Lipinski definition) is 3. The molecule has 1 aliphatic rings. The number of hydrogen-bond donors (Lipinski definition) is 2. The van der Waals surface area contributed by atoms with E-state index in [0.29, 0.717) is 11.3 Å². The van der Waals surface area contributed by atoms with Crippen LogP contribution in [0.1, 0.15) is 23.5 Å². The Hall–Kier alpha value is -3.80. The fourth-order valence-corrected chi connectivity index (χ4v) is 3.50. The van der Waals surface area contributed by atoms with Crippen LogP contribution in [-0.4, -0.2) is 16.8 Å². The van der Waals surface area contributed by atoms with E-state index in [1.54, 1.807) is 24.5 Å². The zero-order valence-corrected chi connectivity index (χ0v) is 16.4. The van der Waals surface area contributed by atoms with Gasteiger partial charge in [0.2, 0.25) is 5.91 Å². The van der Waals surface area contributed by atoms with Crippen LogP contribution in [0.2, 0.25) is 0 Å². The van der Waals surface area contributed by atoms with Crippen LogP contribution < -0.4 is 10.6 Å². The third-order valence-corrected chi connectivity index (χ3v) is 5.19. The van der Waals surface area contributed by atoms with Gasteiger partial charge in [-0.25, -0.2) is 4.39 Å². The zero-order chi connectivity index (χ0) is 21.1. The molecule has 1 aromatic heterocycles. The summed E-state index contributed by atoms with van der Waals surface area (Å²) >= 11 is 0. The topological polar surface area (TPSA) is 71.1 Å². The van der Waals surface area contributed by atoms with Gasteiger partial charge in [0.25, 0.3) is 5.91 Å². The van der Waals surface area contributed by atoms with Crippen LogP contribution in [0.4, 0.5) is 10.1 Å². The Labute approximate surface area is 173 Å². The largest absolute Gasteiger partial charge is 0.332 e. The smallest absolute Gasteiger partial charge is 0.253 e. The minimum absolute atomic E-state index is 0.126. The number of aromatic nitrogens is 1. The molecule has 150 valence electrons. The Morgan fingerprint density at radius 3 is 2.53 bits per heavy atom. The van der Waals surface area contributed by atoms with E-state index in [-0.39, 0.29) is 24.1 Å². The van der Waals surface area contributed by atoms with Gasteiger partial charge >= 0.3 is 0 Å². The lowest BCUT2D eigenvalue weighted by Crippen LogP contribution is -2.32. The molecule has 2 N–H and O–H groups in total. The van der Waals surface area contributed by atoms with Gasteiger partial charge in [0.1, 0.15) is 5.82 Å². The fourth-order valence-electron chi connectivity index (χ4n) is 3.50. The van der Waals surface area contributed by atoms with Crippen molar-refractivity contribution in [2.45, 2.75) is 19.3 Å². The van der Waals surface area contributed by atoms with Crippen molar-refractivity contribution in [1.82, 2.24) is 10.3 Å². The number of aryl methyl sites for hydroxylation is 1. The molecule has 0 fully saturated rings. The van der Waals surface area contributed by atoms with Gasteiger partial charge in [0.05, 0.1) is 0 Å². The van der Waals surface area contributed by atoms with E-state index < -0.39 is 5.92 Å². The zero-order valence-electron chi connectivity index (χ0n) is 16.4. The molecule has 0 saturated carbocycles. The molecular weight excluding hydrogens is 381 g/mol. The van der Waals surface area contributed by atoms with Crippen LogP contribution in [0, 0.1) is 12.7 Å². The van der Waals surface area contributed by atoms with Crippen LogP contribution in [0.3, 0.4) is 0 Å². The lowest BCUT2D eigenvalue weighted by Gasteiger charge is -2.24. The summed E-state index contributed by atoms with van der Waals surface area (Å²) in [6.45, 7) is 1.92. The standard InChI is InChI=1S/C24H20FN3O2/c1-15-2-3-18(16-8-10-26-11-9-16)12-22(15)28-24(30)21-14-27-23(29)13-20(21)17-4-6-19(25)7-5-17/h2-12,14,20H,13H2,1H3,(H,27,29)(H,28,30). The number of nitrogens with one attached hydrogen (secondary N) is 2. The first-order valence-electron chi connectivity index (χ1n) is 9.58. The van der Waals surface area contributed by atoms with Crippen molar-refractivity contribution in [3.63, 3.8) is 0 Å². The van der Waals surface area contributed by atoms with E-state index >= 15 is 0 Å². The normalized spacial score (nSPS) is 15.9. The molecule has 5 nitrogen and oxygen atoms in total. The predicted octanol–water partition coefficient (Wildman–Crippen LogP) is 4.32. The number of benzene rings is 2. The second-order valence-corrected chi connectivity index (χ2v) is 7.20. The molecular formula is C24H20FN3O2. The highest BCUT2D eigenvalue weighted by Crippen LogP contribution is 2.32. The molecule has 2 amide bonds. The SMILES string of the molecule is Cc1ccc(-c2ccncc2)cc1NC(=O)C1=CNC(=O)CC1c1ccc(F)cc1. The van der Waals surface area contributed by atoms with Crippen LogP contribution in [0.15, 0.2) is 78.8 Å². The van der Waals surface area contributed by atoms with Gasteiger partial charge in [0.15, 0.2) is 0 Å². The van der Waals surface area contributed by atoms with Crippen molar-refractivity contribution in [3.8, 4) is 11.1 Å². The third kappa shape index (κ3) is 4.12. The van der Waals surface area contributed by atoms with Crippen LogP contribution in [0.5, 0.6) is 0 Å². The van der Waals surface area contributed by atoms with Crippen molar-refractivity contribution in [2.75, 3.05) is 5.32 Å². The summed E-state index contributed by atoms with van der Waals surface area (Å²) in [6, 6.07) is 15.5. The first-order chi connectivity index (χ1) is 14.5. The summed E-state index contributed by atoms with van der Waals surface area (Å²) in [7, 11) is 0. The Morgan fingerprint density at radius 2 is 1.80 bits per heavy atom. The quantitative estimate of drug-likeness (QED) is 0.684. The van der Waals surface area contributed by atoms with Crippen molar-refractivity contribution in [3.05, 3.63) is 95.7 Å². The maximum Gasteiger partial charge on any atom is 0.253 e. The lowest BCUT2D eigenvalue weighted by molar-refractivity contribution is -0.121. The Morgan fingerprint density at radius 1 is 1.07 bits per heavy atom. The van der Waals surface area contributed by atoms with Gasteiger partial charge in [0, 0.05) is 42.2 Å². The average Bonchev–Trinajstić information content (AvgIpc) is 2.76. The number of anilines is 1. The van der Waals surface area contributed by atoms with Crippen LogP contribution in [-0.2, 0) is 9.59 Å². The molecule has 0 radical (unpaired) electrons. The molecule has 3 aromatic rings. The molecule has 30 heavy (non-hydrogen) atoms. The summed E-state index contributed by atoms with van der Waals surface area (Å²) < 4.78 is 13.3. The first-order valence-corrected chi connectivity index (χ1v) is 9.58. The molecule has 0 aliphatic carbocycles. The maximum atomic E-state index is 13.3. The van der Waals surface area contributed by atoms with Gasteiger partial charge in [-0.2, -0.15) is 0 Å². The molecule has 2 aromatic carbocycles. The number of pyridine rings is 1. The highest BCUT2D eigenvalue weighted by Gasteiger charge is 2.29. The summed E-state index contributed by atoms with van der Waals surface area (Å²) in [4.78, 5) is 29.1. The molecule has 1 aliphatic heterocycles. The lowest BCUT2D eigenvalue weighted by atomic mass is 9.86. The minimum atomic E-state index is -0.442. The molecule has 0 saturated heterocycles. The Kier molecular flexibility index (Phi) is 5.39. The highest BCUT2D eigenvalue weighted by molar-refractivity contribution is 6.07. The number of halogens is 1. The number of nitrogens with zero attached hydrogens (tertiary/aromatic N) is 1. The summed E-state index contributed by atoms with van der Waals surface area (Å²) in [5, 5.41) is 5.59. The molecule has 0 bridgehead atoms. The van der Waals surface area contributed by atoms with E-state index in [9.17, 15) is 14.0 Å². The van der Waals surface area contributed by atoms with Gasteiger partial charge in [-0.3, -0.25) is 14.6 Å². The Bertz CT molecular complexity index is 1120. The molecule has 6 heteroatoms.